The lowest BCUT2D eigenvalue weighted by Gasteiger charge is -2.45. The van der Waals surface area contributed by atoms with Crippen LogP contribution in [0.1, 0.15) is 27.7 Å². The van der Waals surface area contributed by atoms with Crippen molar-refractivity contribution in [2.24, 2.45) is 4.99 Å². The molecular weight excluding hydrogens is 268 g/mol. The molecule has 0 aromatic carbocycles. The summed E-state index contributed by atoms with van der Waals surface area (Å²) in [4.78, 5) is 6.72. The second kappa shape index (κ2) is 8.56. The van der Waals surface area contributed by atoms with Crippen LogP contribution in [0.4, 0.5) is 0 Å². The number of nitrogens with zero attached hydrogens (tertiary/aromatic N) is 2. The summed E-state index contributed by atoms with van der Waals surface area (Å²) in [7, 11) is 3.48. The topological polar surface area (TPSA) is 58.1 Å². The molecule has 0 amide bonds. The van der Waals surface area contributed by atoms with Crippen LogP contribution in [0.5, 0.6) is 0 Å². The van der Waals surface area contributed by atoms with E-state index in [1.165, 1.54) is 0 Å². The lowest BCUT2D eigenvalue weighted by Crippen LogP contribution is -2.59. The van der Waals surface area contributed by atoms with Crippen LogP contribution >= 0.6 is 0 Å². The zero-order valence-corrected chi connectivity index (χ0v) is 14.4. The average molecular weight is 300 g/mol. The molecule has 6 heteroatoms. The van der Waals surface area contributed by atoms with Crippen LogP contribution in [0.25, 0.3) is 0 Å². The number of guanidine groups is 1. The first-order chi connectivity index (χ1) is 9.89. The molecule has 2 atom stereocenters. The smallest absolute Gasteiger partial charge is 0.191 e. The van der Waals surface area contributed by atoms with Gasteiger partial charge in [-0.1, -0.05) is 0 Å². The number of hydrogen-bond acceptors (Lipinski definition) is 4. The molecule has 0 aromatic rings. The minimum Gasteiger partial charge on any atom is -0.383 e. The average Bonchev–Trinajstić information content (AvgIpc) is 2.41. The van der Waals surface area contributed by atoms with E-state index in [1.807, 2.05) is 0 Å². The first kappa shape index (κ1) is 18.2. The van der Waals surface area contributed by atoms with Gasteiger partial charge in [0, 0.05) is 45.9 Å². The maximum Gasteiger partial charge on any atom is 0.191 e. The van der Waals surface area contributed by atoms with Gasteiger partial charge in [-0.2, -0.15) is 0 Å². The van der Waals surface area contributed by atoms with Gasteiger partial charge >= 0.3 is 0 Å². The van der Waals surface area contributed by atoms with E-state index in [2.05, 4.69) is 48.2 Å². The van der Waals surface area contributed by atoms with Crippen LogP contribution in [-0.4, -0.2) is 75.5 Å². The van der Waals surface area contributed by atoms with Gasteiger partial charge in [0.2, 0.25) is 0 Å². The highest BCUT2D eigenvalue weighted by Gasteiger charge is 2.33. The van der Waals surface area contributed by atoms with E-state index in [0.717, 1.165) is 32.1 Å². The Morgan fingerprint density at radius 3 is 2.43 bits per heavy atom. The number of ether oxygens (including phenoxy) is 2. The Morgan fingerprint density at radius 2 is 1.90 bits per heavy atom. The molecule has 1 heterocycles. The molecule has 6 nitrogen and oxygen atoms in total. The third kappa shape index (κ3) is 6.20. The standard InChI is InChI=1S/C15H32N4O2/c1-12-9-19(10-13(2)21-12)15(3,4)11-18-14(16-5)17-7-8-20-6/h12-13H,7-11H2,1-6H3,(H2,16,17,18). The third-order valence-corrected chi connectivity index (χ3v) is 3.79. The summed E-state index contributed by atoms with van der Waals surface area (Å²) >= 11 is 0. The van der Waals surface area contributed by atoms with Crippen molar-refractivity contribution in [3.8, 4) is 0 Å². The van der Waals surface area contributed by atoms with E-state index < -0.39 is 0 Å². The van der Waals surface area contributed by atoms with Crippen LogP contribution < -0.4 is 10.6 Å². The normalized spacial score (nSPS) is 25.0. The highest BCUT2D eigenvalue weighted by Crippen LogP contribution is 2.20. The second-order valence-corrected chi connectivity index (χ2v) is 6.32. The fourth-order valence-electron chi connectivity index (χ4n) is 2.58. The maximum absolute atomic E-state index is 5.81. The van der Waals surface area contributed by atoms with Gasteiger partial charge in [0.05, 0.1) is 18.8 Å². The van der Waals surface area contributed by atoms with Crippen molar-refractivity contribution in [1.82, 2.24) is 15.5 Å². The van der Waals surface area contributed by atoms with Crippen molar-refractivity contribution >= 4 is 5.96 Å². The van der Waals surface area contributed by atoms with Crippen LogP contribution in [0.2, 0.25) is 0 Å². The Hall–Kier alpha value is -0.850. The number of hydrogen-bond donors (Lipinski definition) is 2. The number of rotatable bonds is 6. The zero-order valence-electron chi connectivity index (χ0n) is 14.4. The molecular formula is C15H32N4O2. The molecule has 0 spiro atoms. The van der Waals surface area contributed by atoms with Gasteiger partial charge in [0.1, 0.15) is 0 Å². The zero-order chi connectivity index (χ0) is 15.9. The molecule has 0 aromatic heterocycles. The third-order valence-electron chi connectivity index (χ3n) is 3.79. The van der Waals surface area contributed by atoms with Gasteiger partial charge in [0.15, 0.2) is 5.96 Å². The Morgan fingerprint density at radius 1 is 1.29 bits per heavy atom. The summed E-state index contributed by atoms with van der Waals surface area (Å²) in [5.41, 5.74) is 0.0468. The predicted molar refractivity (Wildman–Crippen MR) is 86.9 cm³/mol. The van der Waals surface area contributed by atoms with E-state index in [-0.39, 0.29) is 17.7 Å². The first-order valence-electron chi connectivity index (χ1n) is 7.73. The minimum atomic E-state index is 0.0468. The Kier molecular flexibility index (Phi) is 7.42. The Labute approximate surface area is 129 Å². The number of methoxy groups -OCH3 is 1. The molecule has 0 radical (unpaired) electrons. The summed E-state index contributed by atoms with van der Waals surface area (Å²) in [6.45, 7) is 13.0. The fraction of sp³-hybridized carbons (Fsp3) is 0.933. The molecule has 2 unspecified atom stereocenters. The van der Waals surface area contributed by atoms with Gasteiger partial charge < -0.3 is 20.1 Å². The summed E-state index contributed by atoms with van der Waals surface area (Å²) < 4.78 is 10.8. The first-order valence-corrected chi connectivity index (χ1v) is 7.73. The highest BCUT2D eigenvalue weighted by molar-refractivity contribution is 5.79. The van der Waals surface area contributed by atoms with Crippen molar-refractivity contribution in [3.63, 3.8) is 0 Å². The van der Waals surface area contributed by atoms with E-state index in [9.17, 15) is 0 Å². The minimum absolute atomic E-state index is 0.0468. The Bertz CT molecular complexity index is 324. The van der Waals surface area contributed by atoms with Crippen molar-refractivity contribution in [2.45, 2.75) is 45.4 Å². The quantitative estimate of drug-likeness (QED) is 0.429. The molecule has 1 aliphatic heterocycles. The Balaban J connectivity index is 2.47. The monoisotopic (exact) mass is 300 g/mol. The van der Waals surface area contributed by atoms with Crippen molar-refractivity contribution in [1.29, 1.82) is 0 Å². The van der Waals surface area contributed by atoms with E-state index in [1.54, 1.807) is 14.2 Å². The largest absolute Gasteiger partial charge is 0.383 e. The van der Waals surface area contributed by atoms with Crippen LogP contribution in [0, 0.1) is 0 Å². The molecule has 1 fully saturated rings. The van der Waals surface area contributed by atoms with Gasteiger partial charge in [-0.15, -0.1) is 0 Å². The SMILES string of the molecule is CN=C(NCCOC)NCC(C)(C)N1CC(C)OC(C)C1. The predicted octanol–water partition coefficient (Wildman–Crippen LogP) is 0.686. The molecule has 1 aliphatic rings. The second-order valence-electron chi connectivity index (χ2n) is 6.32. The number of morpholine rings is 1. The van der Waals surface area contributed by atoms with E-state index >= 15 is 0 Å². The summed E-state index contributed by atoms with van der Waals surface area (Å²) in [6, 6.07) is 0. The van der Waals surface area contributed by atoms with Crippen LogP contribution in [0.3, 0.4) is 0 Å². The lowest BCUT2D eigenvalue weighted by atomic mass is 10.00. The summed E-state index contributed by atoms with van der Waals surface area (Å²) in [6.07, 6.45) is 0.569. The maximum atomic E-state index is 5.81. The van der Waals surface area contributed by atoms with Gasteiger partial charge in [-0.3, -0.25) is 9.89 Å². The molecule has 124 valence electrons. The van der Waals surface area contributed by atoms with E-state index in [0.29, 0.717) is 6.61 Å². The number of aliphatic imine (C=N–C) groups is 1. The molecule has 2 N–H and O–H groups in total. The number of nitrogens with one attached hydrogen (secondary N) is 2. The molecule has 21 heavy (non-hydrogen) atoms. The van der Waals surface area contributed by atoms with E-state index in [4.69, 9.17) is 9.47 Å². The summed E-state index contributed by atoms with van der Waals surface area (Å²) in [5.74, 6) is 0.814. The lowest BCUT2D eigenvalue weighted by molar-refractivity contribution is -0.0946. The van der Waals surface area contributed by atoms with Crippen molar-refractivity contribution < 1.29 is 9.47 Å². The van der Waals surface area contributed by atoms with Crippen molar-refractivity contribution in [2.75, 3.05) is 46.9 Å². The fourth-order valence-corrected chi connectivity index (χ4v) is 2.58. The van der Waals surface area contributed by atoms with Crippen LogP contribution in [-0.2, 0) is 9.47 Å². The van der Waals surface area contributed by atoms with Crippen LogP contribution in [0.15, 0.2) is 4.99 Å². The summed E-state index contributed by atoms with van der Waals surface area (Å²) in [5, 5.41) is 6.63. The molecule has 1 rings (SSSR count). The molecule has 0 saturated carbocycles. The highest BCUT2D eigenvalue weighted by atomic mass is 16.5. The molecule has 0 bridgehead atoms. The molecule has 0 aliphatic carbocycles. The van der Waals surface area contributed by atoms with Crippen molar-refractivity contribution in [3.05, 3.63) is 0 Å². The van der Waals surface area contributed by atoms with Gasteiger partial charge in [-0.25, -0.2) is 0 Å². The van der Waals surface area contributed by atoms with Gasteiger partial charge in [-0.05, 0) is 27.7 Å². The molecule has 1 saturated heterocycles. The van der Waals surface area contributed by atoms with Gasteiger partial charge in [0.25, 0.3) is 0 Å².